The van der Waals surface area contributed by atoms with Crippen molar-refractivity contribution in [3.63, 3.8) is 0 Å². The number of thioether (sulfide) groups is 1. The Labute approximate surface area is 199 Å². The molecule has 0 bridgehead atoms. The summed E-state index contributed by atoms with van der Waals surface area (Å²) in [5.41, 5.74) is 0.363. The molecule has 0 aliphatic heterocycles. The molecular weight excluding hydrogens is 475 g/mol. The Balaban J connectivity index is 1.26. The minimum atomic E-state index is -0.457. The van der Waals surface area contributed by atoms with Crippen LogP contribution in [-0.2, 0) is 12.2 Å². The maximum Gasteiger partial charge on any atom is 0.325 e. The van der Waals surface area contributed by atoms with Crippen molar-refractivity contribution < 1.29 is 9.21 Å². The molecule has 1 aliphatic carbocycles. The summed E-state index contributed by atoms with van der Waals surface area (Å²) < 4.78 is 6.87. The molecule has 0 atom stereocenters. The van der Waals surface area contributed by atoms with Gasteiger partial charge >= 0.3 is 6.03 Å². The van der Waals surface area contributed by atoms with Crippen molar-refractivity contribution in [2.75, 3.05) is 10.6 Å². The number of rotatable bonds is 7. The van der Waals surface area contributed by atoms with E-state index in [2.05, 4.69) is 20.6 Å². The van der Waals surface area contributed by atoms with E-state index < -0.39 is 6.03 Å². The van der Waals surface area contributed by atoms with Crippen LogP contribution in [0.1, 0.15) is 43.8 Å². The zero-order valence-corrected chi connectivity index (χ0v) is 19.8. The van der Waals surface area contributed by atoms with Gasteiger partial charge in [0.2, 0.25) is 5.89 Å². The van der Waals surface area contributed by atoms with E-state index in [1.54, 1.807) is 36.2 Å². The minimum Gasteiger partial charge on any atom is -0.445 e. The number of urea groups is 1. The predicted molar refractivity (Wildman–Crippen MR) is 128 cm³/mol. The molecule has 2 N–H and O–H groups in total. The van der Waals surface area contributed by atoms with Gasteiger partial charge in [0, 0.05) is 6.42 Å². The lowest BCUT2D eigenvalue weighted by Gasteiger charge is -2.19. The quantitative estimate of drug-likeness (QED) is 0.331. The molecule has 2 aromatic heterocycles. The molecule has 0 unspecified atom stereocenters. The summed E-state index contributed by atoms with van der Waals surface area (Å²) in [7, 11) is 0. The number of amides is 2. The zero-order valence-electron chi connectivity index (χ0n) is 16.7. The Morgan fingerprint density at radius 2 is 1.90 bits per heavy atom. The number of hydrogen-bond donors (Lipinski definition) is 2. The van der Waals surface area contributed by atoms with Gasteiger partial charge in [-0.1, -0.05) is 72.7 Å². The molecule has 6 nitrogen and oxygen atoms in total. The van der Waals surface area contributed by atoms with Gasteiger partial charge in [0.25, 0.3) is 0 Å². The van der Waals surface area contributed by atoms with Gasteiger partial charge in [-0.3, -0.25) is 5.32 Å². The van der Waals surface area contributed by atoms with Gasteiger partial charge in [-0.25, -0.2) is 14.8 Å². The molecule has 164 valence electrons. The highest BCUT2D eigenvalue weighted by Crippen LogP contribution is 2.33. The minimum absolute atomic E-state index is 0.363. The van der Waals surface area contributed by atoms with Crippen LogP contribution < -0.4 is 10.6 Å². The first-order chi connectivity index (χ1) is 15.1. The Bertz CT molecular complexity index is 1010. The van der Waals surface area contributed by atoms with E-state index in [0.717, 1.165) is 22.3 Å². The summed E-state index contributed by atoms with van der Waals surface area (Å²) in [6, 6.07) is 4.57. The number of nitrogens with one attached hydrogen (secondary N) is 2. The largest absolute Gasteiger partial charge is 0.445 e. The van der Waals surface area contributed by atoms with Crippen molar-refractivity contribution in [1.82, 2.24) is 9.97 Å². The van der Waals surface area contributed by atoms with Crippen LogP contribution >= 0.6 is 46.3 Å². The first kappa shape index (κ1) is 22.5. The maximum absolute atomic E-state index is 12.2. The molecule has 1 aliphatic rings. The highest BCUT2D eigenvalue weighted by Gasteiger charge is 2.17. The molecule has 31 heavy (non-hydrogen) atoms. The number of anilines is 2. The van der Waals surface area contributed by atoms with Gasteiger partial charge in [-0.15, -0.1) is 11.8 Å². The van der Waals surface area contributed by atoms with Gasteiger partial charge in [0.1, 0.15) is 5.76 Å². The Hall–Kier alpha value is -1.74. The third-order valence-corrected chi connectivity index (χ3v) is 7.78. The maximum atomic E-state index is 12.2. The SMILES string of the molecule is O=C(Nc1ncc(SCc2ncc(CC3CCCCC3)o2)s1)Nc1c(Cl)cccc1Cl. The van der Waals surface area contributed by atoms with Crippen LogP contribution in [0.4, 0.5) is 15.6 Å². The molecule has 0 spiro atoms. The van der Waals surface area contributed by atoms with Crippen molar-refractivity contribution in [3.8, 4) is 0 Å². The van der Waals surface area contributed by atoms with Gasteiger partial charge in [-0.2, -0.15) is 0 Å². The Kier molecular flexibility index (Phi) is 7.76. The molecule has 0 radical (unpaired) electrons. The molecule has 0 saturated heterocycles. The molecule has 4 rings (SSSR count). The summed E-state index contributed by atoms with van der Waals surface area (Å²) in [5.74, 6) is 3.03. The Morgan fingerprint density at radius 1 is 1.13 bits per heavy atom. The normalized spacial score (nSPS) is 14.5. The van der Waals surface area contributed by atoms with E-state index in [9.17, 15) is 4.79 Å². The second-order valence-corrected chi connectivity index (χ2v) is 10.5. The van der Waals surface area contributed by atoms with E-state index >= 15 is 0 Å². The fraction of sp³-hybridized carbons (Fsp3) is 0.381. The standard InChI is InChI=1S/C21H22Cl2N4O2S2/c22-15-7-4-8-16(23)19(15)26-20(28)27-21-25-11-18(31-21)30-12-17-24-10-14(29-17)9-13-5-2-1-3-6-13/h4,7-8,10-11,13H,1-3,5-6,9,12H2,(H2,25,26,27,28). The average Bonchev–Trinajstić information content (AvgIpc) is 3.39. The zero-order chi connectivity index (χ0) is 21.6. The molecule has 10 heteroatoms. The lowest BCUT2D eigenvalue weighted by molar-refractivity contribution is 0.262. The van der Waals surface area contributed by atoms with Crippen LogP contribution in [0.2, 0.25) is 10.0 Å². The Morgan fingerprint density at radius 3 is 2.68 bits per heavy atom. The van der Waals surface area contributed by atoms with Crippen LogP contribution in [0.3, 0.4) is 0 Å². The van der Waals surface area contributed by atoms with Crippen molar-refractivity contribution >= 4 is 63.2 Å². The molecule has 1 fully saturated rings. The lowest BCUT2D eigenvalue weighted by Crippen LogP contribution is -2.19. The summed E-state index contributed by atoms with van der Waals surface area (Å²) >= 11 is 15.1. The summed E-state index contributed by atoms with van der Waals surface area (Å²) in [4.78, 5) is 20.9. The van der Waals surface area contributed by atoms with Crippen LogP contribution in [0.5, 0.6) is 0 Å². The second kappa shape index (κ2) is 10.7. The average molecular weight is 497 g/mol. The van der Waals surface area contributed by atoms with Gasteiger partial charge < -0.3 is 9.73 Å². The molecule has 2 amide bonds. The van der Waals surface area contributed by atoms with Crippen LogP contribution in [0, 0.1) is 5.92 Å². The highest BCUT2D eigenvalue weighted by molar-refractivity contribution is 8.00. The third-order valence-electron chi connectivity index (χ3n) is 5.06. The molecule has 3 aromatic rings. The second-order valence-electron chi connectivity index (χ2n) is 7.38. The number of halogens is 2. The first-order valence-electron chi connectivity index (χ1n) is 10.1. The van der Waals surface area contributed by atoms with Crippen molar-refractivity contribution in [2.45, 2.75) is 48.5 Å². The molecule has 2 heterocycles. The van der Waals surface area contributed by atoms with Crippen molar-refractivity contribution in [3.05, 3.63) is 52.3 Å². The van der Waals surface area contributed by atoms with Crippen molar-refractivity contribution in [2.24, 2.45) is 5.92 Å². The number of carbonyl (C=O) groups excluding carboxylic acids is 1. The molecule has 1 saturated carbocycles. The molecular formula is C21H22Cl2N4O2S2. The third kappa shape index (κ3) is 6.38. The first-order valence-corrected chi connectivity index (χ1v) is 12.7. The number of nitrogens with zero attached hydrogens (tertiary/aromatic N) is 2. The van der Waals surface area contributed by atoms with Gasteiger partial charge in [0.15, 0.2) is 5.13 Å². The fourth-order valence-electron chi connectivity index (χ4n) is 3.56. The number of para-hydroxylation sites is 1. The predicted octanol–water partition coefficient (Wildman–Crippen LogP) is 7.50. The van der Waals surface area contributed by atoms with E-state index in [0.29, 0.717) is 32.5 Å². The number of carbonyl (C=O) groups is 1. The topological polar surface area (TPSA) is 80.1 Å². The van der Waals surface area contributed by atoms with Crippen molar-refractivity contribution in [1.29, 1.82) is 0 Å². The van der Waals surface area contributed by atoms with Crippen LogP contribution in [-0.4, -0.2) is 16.0 Å². The summed E-state index contributed by atoms with van der Waals surface area (Å²) in [6.45, 7) is 0. The highest BCUT2D eigenvalue weighted by atomic mass is 35.5. The monoisotopic (exact) mass is 496 g/mol. The van der Waals surface area contributed by atoms with Gasteiger partial charge in [0.05, 0.1) is 38.1 Å². The number of benzene rings is 1. The number of hydrogen-bond acceptors (Lipinski definition) is 6. The lowest BCUT2D eigenvalue weighted by atomic mass is 9.86. The fourth-order valence-corrected chi connectivity index (χ4v) is 5.77. The van der Waals surface area contributed by atoms with E-state index in [1.165, 1.54) is 43.4 Å². The summed E-state index contributed by atoms with van der Waals surface area (Å²) in [6.07, 6.45) is 11.1. The smallest absolute Gasteiger partial charge is 0.325 e. The number of aromatic nitrogens is 2. The van der Waals surface area contributed by atoms with Crippen LogP contribution in [0.25, 0.3) is 0 Å². The number of thiazole rings is 1. The van der Waals surface area contributed by atoms with E-state index in [-0.39, 0.29) is 0 Å². The molecule has 1 aromatic carbocycles. The number of oxazole rings is 1. The van der Waals surface area contributed by atoms with E-state index in [4.69, 9.17) is 27.6 Å². The van der Waals surface area contributed by atoms with E-state index in [1.807, 2.05) is 6.20 Å². The van der Waals surface area contributed by atoms with Crippen LogP contribution in [0.15, 0.2) is 39.2 Å². The van der Waals surface area contributed by atoms with Gasteiger partial charge in [-0.05, 0) is 18.1 Å². The summed E-state index contributed by atoms with van der Waals surface area (Å²) in [5, 5.41) is 6.57.